The molecule has 1 aliphatic rings. The Labute approximate surface area is 114 Å². The first-order chi connectivity index (χ1) is 9.00. The van der Waals surface area contributed by atoms with Crippen molar-refractivity contribution in [1.82, 2.24) is 15.1 Å². The molecular formula is C14H24N4O. The third-order valence-electron chi connectivity index (χ3n) is 3.73. The van der Waals surface area contributed by atoms with E-state index >= 15 is 0 Å². The number of carbonyl (C=O) groups is 1. The first-order valence-corrected chi connectivity index (χ1v) is 7.08. The molecule has 0 aromatic carbocycles. The van der Waals surface area contributed by atoms with Crippen LogP contribution in [0.5, 0.6) is 0 Å². The second-order valence-corrected chi connectivity index (χ2v) is 5.62. The minimum atomic E-state index is 0.0787. The second-order valence-electron chi connectivity index (χ2n) is 5.62. The minimum absolute atomic E-state index is 0.0787. The predicted molar refractivity (Wildman–Crippen MR) is 76.3 cm³/mol. The summed E-state index contributed by atoms with van der Waals surface area (Å²) in [6, 6.07) is 0.306. The predicted octanol–water partition coefficient (Wildman–Crippen LogP) is 2.02. The summed E-state index contributed by atoms with van der Waals surface area (Å²) < 4.78 is 1.96. The summed E-state index contributed by atoms with van der Waals surface area (Å²) in [7, 11) is 0. The fourth-order valence-corrected chi connectivity index (χ4v) is 2.65. The molecule has 19 heavy (non-hydrogen) atoms. The number of rotatable bonds is 3. The van der Waals surface area contributed by atoms with Crippen LogP contribution in [0, 0.1) is 19.8 Å². The molecule has 5 nitrogen and oxygen atoms in total. The molecule has 2 heterocycles. The highest BCUT2D eigenvalue weighted by Crippen LogP contribution is 2.23. The zero-order valence-electron chi connectivity index (χ0n) is 12.3. The topological polar surface area (TPSA) is 59.0 Å². The fraction of sp³-hybridized carbons (Fsp3) is 0.714. The van der Waals surface area contributed by atoms with E-state index in [1.807, 2.05) is 18.5 Å². The Morgan fingerprint density at radius 2 is 2.21 bits per heavy atom. The molecule has 0 unspecified atom stereocenters. The molecule has 0 aliphatic carbocycles. The van der Waals surface area contributed by atoms with E-state index in [-0.39, 0.29) is 11.8 Å². The highest BCUT2D eigenvalue weighted by molar-refractivity contribution is 5.93. The number of aryl methyl sites for hydroxylation is 1. The van der Waals surface area contributed by atoms with Crippen LogP contribution >= 0.6 is 0 Å². The lowest BCUT2D eigenvalue weighted by Gasteiger charge is -2.22. The smallest absolute Gasteiger partial charge is 0.228 e. The summed E-state index contributed by atoms with van der Waals surface area (Å²) in [5.41, 5.74) is 2.80. The van der Waals surface area contributed by atoms with Gasteiger partial charge < -0.3 is 10.6 Å². The molecule has 0 spiro atoms. The van der Waals surface area contributed by atoms with Gasteiger partial charge in [-0.15, -0.1) is 0 Å². The molecule has 5 heteroatoms. The number of piperidine rings is 1. The molecule has 2 rings (SSSR count). The first-order valence-electron chi connectivity index (χ1n) is 7.08. The number of nitrogens with zero attached hydrogens (tertiary/aromatic N) is 2. The molecule has 1 fully saturated rings. The number of anilines is 1. The van der Waals surface area contributed by atoms with Crippen LogP contribution < -0.4 is 10.6 Å². The van der Waals surface area contributed by atoms with Gasteiger partial charge in [0, 0.05) is 12.6 Å². The molecular weight excluding hydrogens is 240 g/mol. The highest BCUT2D eigenvalue weighted by atomic mass is 16.1. The lowest BCUT2D eigenvalue weighted by Crippen LogP contribution is -2.37. The van der Waals surface area contributed by atoms with Crippen LogP contribution in [0.4, 0.5) is 5.69 Å². The molecule has 2 N–H and O–H groups in total. The highest BCUT2D eigenvalue weighted by Gasteiger charge is 2.23. The van der Waals surface area contributed by atoms with Gasteiger partial charge in [-0.05, 0) is 47.1 Å². The van der Waals surface area contributed by atoms with Gasteiger partial charge >= 0.3 is 0 Å². The quantitative estimate of drug-likeness (QED) is 0.878. The van der Waals surface area contributed by atoms with E-state index in [1.165, 1.54) is 0 Å². The van der Waals surface area contributed by atoms with Crippen molar-refractivity contribution in [3.63, 3.8) is 0 Å². The zero-order chi connectivity index (χ0) is 14.0. The number of nitrogens with one attached hydrogen (secondary N) is 2. The maximum absolute atomic E-state index is 12.3. The Kier molecular flexibility index (Phi) is 4.24. The first kappa shape index (κ1) is 14.1. The molecule has 1 atom stereocenters. The second kappa shape index (κ2) is 5.74. The van der Waals surface area contributed by atoms with E-state index in [9.17, 15) is 4.79 Å². The number of amides is 1. The third-order valence-corrected chi connectivity index (χ3v) is 3.73. The fourth-order valence-electron chi connectivity index (χ4n) is 2.65. The Morgan fingerprint density at radius 1 is 1.47 bits per heavy atom. The Morgan fingerprint density at radius 3 is 2.74 bits per heavy atom. The minimum Gasteiger partial charge on any atom is -0.323 e. The molecule has 0 saturated carbocycles. The van der Waals surface area contributed by atoms with E-state index in [2.05, 4.69) is 29.6 Å². The summed E-state index contributed by atoms with van der Waals surface area (Å²) in [5.74, 6) is 0.191. The SMILES string of the molecule is Cc1nn(C(C)C)c(C)c1NC(=O)[C@H]1CCCNC1. The van der Waals surface area contributed by atoms with E-state index in [0.29, 0.717) is 6.04 Å². The number of hydrogen-bond acceptors (Lipinski definition) is 3. The van der Waals surface area contributed by atoms with Crippen molar-refractivity contribution in [3.8, 4) is 0 Å². The van der Waals surface area contributed by atoms with Crippen LogP contribution in [0.15, 0.2) is 0 Å². The summed E-state index contributed by atoms with van der Waals surface area (Å²) in [5, 5.41) is 10.8. The number of hydrogen-bond donors (Lipinski definition) is 2. The zero-order valence-corrected chi connectivity index (χ0v) is 12.3. The van der Waals surface area contributed by atoms with Crippen molar-refractivity contribution >= 4 is 11.6 Å². The summed E-state index contributed by atoms with van der Waals surface area (Å²) >= 11 is 0. The Bertz CT molecular complexity index is 458. The molecule has 1 aromatic rings. The average Bonchev–Trinajstić information content (AvgIpc) is 2.68. The van der Waals surface area contributed by atoms with Gasteiger partial charge in [-0.25, -0.2) is 0 Å². The van der Waals surface area contributed by atoms with Gasteiger partial charge in [0.15, 0.2) is 0 Å². The standard InChI is InChI=1S/C14H24N4O/c1-9(2)18-11(4)13(10(3)17-18)16-14(19)12-6-5-7-15-8-12/h9,12,15H,5-8H2,1-4H3,(H,16,19)/t12-/m0/s1. The van der Waals surface area contributed by atoms with Gasteiger partial charge in [-0.2, -0.15) is 5.10 Å². The molecule has 1 amide bonds. The van der Waals surface area contributed by atoms with Crippen molar-refractivity contribution in [3.05, 3.63) is 11.4 Å². The normalized spacial score (nSPS) is 19.7. The number of carbonyl (C=O) groups excluding carboxylic acids is 1. The lowest BCUT2D eigenvalue weighted by molar-refractivity contribution is -0.120. The third kappa shape index (κ3) is 2.97. The summed E-state index contributed by atoms with van der Waals surface area (Å²) in [6.07, 6.45) is 2.04. The van der Waals surface area contributed by atoms with Crippen molar-refractivity contribution in [2.75, 3.05) is 18.4 Å². The Balaban J connectivity index is 2.12. The molecule has 1 saturated heterocycles. The molecule has 106 valence electrons. The van der Waals surface area contributed by atoms with E-state index in [1.54, 1.807) is 0 Å². The lowest BCUT2D eigenvalue weighted by atomic mass is 9.99. The van der Waals surface area contributed by atoms with Crippen LogP contribution in [-0.4, -0.2) is 28.8 Å². The van der Waals surface area contributed by atoms with Crippen LogP contribution in [0.1, 0.15) is 44.1 Å². The summed E-state index contributed by atoms with van der Waals surface area (Å²) in [6.45, 7) is 9.94. The van der Waals surface area contributed by atoms with E-state index < -0.39 is 0 Å². The monoisotopic (exact) mass is 264 g/mol. The largest absolute Gasteiger partial charge is 0.323 e. The summed E-state index contributed by atoms with van der Waals surface area (Å²) in [4.78, 5) is 12.3. The van der Waals surface area contributed by atoms with Gasteiger partial charge in [-0.3, -0.25) is 9.48 Å². The van der Waals surface area contributed by atoms with Crippen molar-refractivity contribution < 1.29 is 4.79 Å². The van der Waals surface area contributed by atoms with Gasteiger partial charge in [0.05, 0.1) is 23.0 Å². The van der Waals surface area contributed by atoms with E-state index in [0.717, 1.165) is 43.0 Å². The van der Waals surface area contributed by atoms with Gasteiger partial charge in [0.1, 0.15) is 0 Å². The maximum Gasteiger partial charge on any atom is 0.228 e. The Hall–Kier alpha value is -1.36. The van der Waals surface area contributed by atoms with Crippen molar-refractivity contribution in [2.24, 2.45) is 5.92 Å². The van der Waals surface area contributed by atoms with Crippen molar-refractivity contribution in [2.45, 2.75) is 46.6 Å². The van der Waals surface area contributed by atoms with Gasteiger partial charge in [0.2, 0.25) is 5.91 Å². The van der Waals surface area contributed by atoms with Crippen molar-refractivity contribution in [1.29, 1.82) is 0 Å². The van der Waals surface area contributed by atoms with Crippen LogP contribution in [-0.2, 0) is 4.79 Å². The molecule has 1 aliphatic heterocycles. The maximum atomic E-state index is 12.3. The van der Waals surface area contributed by atoms with Crippen LogP contribution in [0.2, 0.25) is 0 Å². The van der Waals surface area contributed by atoms with Gasteiger partial charge in [-0.1, -0.05) is 0 Å². The van der Waals surface area contributed by atoms with Gasteiger partial charge in [0.25, 0.3) is 0 Å². The van der Waals surface area contributed by atoms with Crippen LogP contribution in [0.3, 0.4) is 0 Å². The molecule has 0 bridgehead atoms. The van der Waals surface area contributed by atoms with E-state index in [4.69, 9.17) is 0 Å². The molecule has 0 radical (unpaired) electrons. The average molecular weight is 264 g/mol. The van der Waals surface area contributed by atoms with Crippen LogP contribution in [0.25, 0.3) is 0 Å². The number of aromatic nitrogens is 2. The molecule has 1 aromatic heterocycles.